The quantitative estimate of drug-likeness (QED) is 0.0298. The van der Waals surface area contributed by atoms with Crippen LogP contribution in [0.4, 0.5) is 0 Å². The van der Waals surface area contributed by atoms with Crippen molar-refractivity contribution >= 4 is 47.3 Å². The Hall–Kier alpha value is -5.54. The summed E-state index contributed by atoms with van der Waals surface area (Å²) in [6.45, 7) is 10.1. The topological polar surface area (TPSA) is 362 Å². The van der Waals surface area contributed by atoms with E-state index in [1.165, 1.54) is 23.1 Å². The van der Waals surface area contributed by atoms with Crippen LogP contribution in [-0.4, -0.2) is 220 Å². The summed E-state index contributed by atoms with van der Waals surface area (Å²) in [5, 5.41) is 55.2. The molecule has 0 radical (unpaired) electrons. The Morgan fingerprint density at radius 2 is 0.987 bits per heavy atom. The van der Waals surface area contributed by atoms with Crippen molar-refractivity contribution in [3.05, 3.63) is 29.3 Å². The monoisotopic (exact) mass is 1070 g/mol. The number of nitrogens with zero attached hydrogens (tertiary/aromatic N) is 2. The first-order chi connectivity index (χ1) is 35.6. The number of nitrogens with two attached hydrogens (primary N) is 1. The number of amides is 8. The lowest BCUT2D eigenvalue weighted by atomic mass is 10.0. The summed E-state index contributed by atoms with van der Waals surface area (Å²) in [5.41, 5.74) is 4.07. The summed E-state index contributed by atoms with van der Waals surface area (Å²) >= 11 is 0. The number of hydrogen-bond acceptors (Lipinski definition) is 17. The molecule has 0 aromatic heterocycles. The molecule has 25 nitrogen and oxygen atoms in total. The van der Waals surface area contributed by atoms with Crippen molar-refractivity contribution in [1.29, 1.82) is 0 Å². The van der Waals surface area contributed by atoms with E-state index in [4.69, 9.17) is 40.4 Å². The fourth-order valence-corrected chi connectivity index (χ4v) is 6.94. The number of rotatable bonds is 42. The molecule has 428 valence electrons. The van der Waals surface area contributed by atoms with Gasteiger partial charge in [0.15, 0.2) is 0 Å². The van der Waals surface area contributed by atoms with Gasteiger partial charge in [0.2, 0.25) is 35.4 Å². The molecule has 75 heavy (non-hydrogen) atoms. The molecule has 13 N–H and O–H groups in total. The number of hydrogen-bond donors (Lipinski definition) is 12. The van der Waals surface area contributed by atoms with Crippen LogP contribution in [0.25, 0.3) is 0 Å². The summed E-state index contributed by atoms with van der Waals surface area (Å²) in [7, 11) is 0. The first-order valence-electron chi connectivity index (χ1n) is 25.7. The van der Waals surface area contributed by atoms with Gasteiger partial charge >= 0.3 is 0 Å². The van der Waals surface area contributed by atoms with Crippen molar-refractivity contribution in [2.45, 2.75) is 91.3 Å². The van der Waals surface area contributed by atoms with Crippen LogP contribution in [-0.2, 0) is 38.2 Å². The molecular weight excluding hydrogens is 981 g/mol. The van der Waals surface area contributed by atoms with Crippen LogP contribution in [0, 0.1) is 11.8 Å². The average molecular weight is 1070 g/mol. The lowest BCUT2D eigenvalue weighted by Gasteiger charge is -2.29. The van der Waals surface area contributed by atoms with Gasteiger partial charge < -0.3 is 87.4 Å². The summed E-state index contributed by atoms with van der Waals surface area (Å²) < 4.78 is 18.1. The Labute approximate surface area is 441 Å². The highest BCUT2D eigenvalue weighted by Gasteiger charge is 2.29. The summed E-state index contributed by atoms with van der Waals surface area (Å²) in [6.07, 6.45) is 3.30. The van der Waals surface area contributed by atoms with E-state index in [1.54, 1.807) is 41.5 Å². The van der Waals surface area contributed by atoms with Gasteiger partial charge in [0.25, 0.3) is 11.8 Å². The third-order valence-electron chi connectivity index (χ3n) is 11.3. The number of benzene rings is 1. The van der Waals surface area contributed by atoms with Crippen LogP contribution >= 0.6 is 0 Å². The first-order valence-corrected chi connectivity index (χ1v) is 25.7. The van der Waals surface area contributed by atoms with E-state index in [2.05, 4.69) is 37.2 Å². The molecule has 0 bridgehead atoms. The molecule has 1 rings (SSSR count). The molecule has 2 atom stereocenters. The van der Waals surface area contributed by atoms with E-state index in [-0.39, 0.29) is 134 Å². The number of carbonyl (C=O) groups excluding carboxylic acids is 8. The van der Waals surface area contributed by atoms with E-state index in [0.29, 0.717) is 38.9 Å². The Bertz CT molecular complexity index is 1890. The number of aliphatic hydroxyl groups is 4. The second kappa shape index (κ2) is 38.1. The Balaban J connectivity index is 3.07. The minimum absolute atomic E-state index is 0.00909. The smallest absolute Gasteiger partial charge is 0.251 e. The minimum atomic E-state index is -0.877. The zero-order valence-corrected chi connectivity index (χ0v) is 45.0. The number of nitrogens with one attached hydrogen (secondary N) is 7. The normalized spacial score (nSPS) is 12.2. The van der Waals surface area contributed by atoms with E-state index in [0.717, 1.165) is 17.7 Å². The molecule has 0 aliphatic heterocycles. The van der Waals surface area contributed by atoms with Gasteiger partial charge in [-0.3, -0.25) is 38.4 Å². The summed E-state index contributed by atoms with van der Waals surface area (Å²) in [4.78, 5) is 106. The molecule has 0 saturated heterocycles. The lowest BCUT2D eigenvalue weighted by Crippen LogP contribution is -2.49. The number of unbranched alkanes of at least 4 members (excludes halogenated alkanes) is 2. The van der Waals surface area contributed by atoms with Crippen LogP contribution in [0.1, 0.15) is 101 Å². The van der Waals surface area contributed by atoms with Crippen molar-refractivity contribution in [2.24, 2.45) is 17.6 Å². The highest BCUT2D eigenvalue weighted by molar-refractivity contribution is 6.00. The van der Waals surface area contributed by atoms with Crippen molar-refractivity contribution in [3.8, 4) is 5.75 Å². The Morgan fingerprint density at radius 3 is 1.44 bits per heavy atom. The molecular formula is C50H88N10O15. The van der Waals surface area contributed by atoms with Crippen molar-refractivity contribution < 1.29 is 73.0 Å². The maximum absolute atomic E-state index is 13.7. The van der Waals surface area contributed by atoms with Gasteiger partial charge in [-0.15, -0.1) is 0 Å². The SMILES string of the molecule is CC(COC(C)(C)CCNC(=O)c1cc(OCCNC(=O)CCCCCN)cc(C(=O)NCCC(C)(C)OCC(C)C(=O)N(CC(=O)NCCO)CC(=O)NCCO)c1)C(=O)N(CCNCCO)CC(=O)NCCO. The number of ether oxygens (including phenoxy) is 3. The average Bonchev–Trinajstić information content (AvgIpc) is 3.37. The van der Waals surface area contributed by atoms with Gasteiger partial charge in [-0.25, -0.2) is 0 Å². The third-order valence-corrected chi connectivity index (χ3v) is 11.3. The standard InChI is InChI=1S/C50H88N10O15/c1-36(47(71)59(22-16-52-17-23-61)31-42(66)53-18-24-62)34-74-49(3,4)11-14-57-45(69)38-28-39(30-40(29-38)73-27-21-56-41(65)10-8-7-9-13-51)46(70)58-15-12-50(5,6)75-35-37(2)48(72)60(32-43(67)54-19-25-63)33-44(68)55-20-26-64/h28-30,36-37,52,61-64H,7-27,31-35,51H2,1-6H3,(H,53,66)(H,54,67)(H,55,68)(H,56,65)(H,57,69)(H,58,70). The predicted molar refractivity (Wildman–Crippen MR) is 278 cm³/mol. The molecule has 1 aromatic rings. The molecule has 8 amide bonds. The maximum atomic E-state index is 13.7. The van der Waals surface area contributed by atoms with Crippen molar-refractivity contribution in [1.82, 2.24) is 47.0 Å². The highest BCUT2D eigenvalue weighted by atomic mass is 16.5. The second-order valence-corrected chi connectivity index (χ2v) is 19.1. The van der Waals surface area contributed by atoms with Gasteiger partial charge in [0.1, 0.15) is 25.4 Å². The van der Waals surface area contributed by atoms with Crippen LogP contribution in [0.15, 0.2) is 18.2 Å². The number of aliphatic hydroxyl groups excluding tert-OH is 4. The van der Waals surface area contributed by atoms with E-state index >= 15 is 0 Å². The molecule has 25 heteroatoms. The van der Waals surface area contributed by atoms with Gasteiger partial charge in [0.05, 0.1) is 75.8 Å². The van der Waals surface area contributed by atoms with E-state index < -0.39 is 71.6 Å². The van der Waals surface area contributed by atoms with Crippen LogP contribution < -0.4 is 47.7 Å². The molecule has 0 aliphatic rings. The third kappa shape index (κ3) is 30.6. The fourth-order valence-electron chi connectivity index (χ4n) is 6.94. The predicted octanol–water partition coefficient (Wildman–Crippen LogP) is -2.63. The summed E-state index contributed by atoms with van der Waals surface area (Å²) in [6, 6.07) is 4.37. The second-order valence-electron chi connectivity index (χ2n) is 19.1. The minimum Gasteiger partial charge on any atom is -0.492 e. The van der Waals surface area contributed by atoms with Crippen LogP contribution in [0.3, 0.4) is 0 Å². The highest BCUT2D eigenvalue weighted by Crippen LogP contribution is 2.21. The molecule has 0 spiro atoms. The molecule has 0 fully saturated rings. The first kappa shape index (κ1) is 67.5. The lowest BCUT2D eigenvalue weighted by molar-refractivity contribution is -0.145. The molecule has 0 aliphatic carbocycles. The van der Waals surface area contributed by atoms with E-state index in [9.17, 15) is 38.4 Å². The summed E-state index contributed by atoms with van der Waals surface area (Å²) in [5.74, 6) is -4.89. The van der Waals surface area contributed by atoms with E-state index in [1.807, 2.05) is 0 Å². The molecule has 2 unspecified atom stereocenters. The van der Waals surface area contributed by atoms with Crippen molar-refractivity contribution in [3.63, 3.8) is 0 Å². The fraction of sp³-hybridized carbons (Fsp3) is 0.720. The number of carbonyl (C=O) groups is 8. The zero-order valence-electron chi connectivity index (χ0n) is 45.0. The van der Waals surface area contributed by atoms with Crippen molar-refractivity contribution in [2.75, 3.05) is 131 Å². The Kier molecular flexibility index (Phi) is 34.3. The van der Waals surface area contributed by atoms with Gasteiger partial charge in [-0.05, 0) is 78.1 Å². The molecule has 0 heterocycles. The van der Waals surface area contributed by atoms with Gasteiger partial charge in [-0.2, -0.15) is 0 Å². The van der Waals surface area contributed by atoms with Gasteiger partial charge in [0, 0.05) is 69.9 Å². The maximum Gasteiger partial charge on any atom is 0.251 e. The largest absolute Gasteiger partial charge is 0.492 e. The van der Waals surface area contributed by atoms with Crippen LogP contribution in [0.5, 0.6) is 5.75 Å². The van der Waals surface area contributed by atoms with Crippen LogP contribution in [0.2, 0.25) is 0 Å². The molecule has 1 aromatic carbocycles. The van der Waals surface area contributed by atoms with Gasteiger partial charge in [-0.1, -0.05) is 20.3 Å². The zero-order chi connectivity index (χ0) is 56.2. The Morgan fingerprint density at radius 1 is 0.547 bits per heavy atom. The molecule has 0 saturated carbocycles.